The molecular weight excluding hydrogens is 230 g/mol. The number of fused-ring (bicyclic) bond motifs is 1. The lowest BCUT2D eigenvalue weighted by Crippen LogP contribution is -2.46. The molecule has 0 radical (unpaired) electrons. The highest BCUT2D eigenvalue weighted by atomic mass is 32.2. The van der Waals surface area contributed by atoms with Gasteiger partial charge in [0.15, 0.2) is 0 Å². The highest BCUT2D eigenvalue weighted by molar-refractivity contribution is 8.00. The maximum absolute atomic E-state index is 11.0. The van der Waals surface area contributed by atoms with Gasteiger partial charge in [0.2, 0.25) is 0 Å². The molecule has 0 spiro atoms. The van der Waals surface area contributed by atoms with Gasteiger partial charge in [-0.3, -0.25) is 4.98 Å². The largest absolute Gasteiger partial charge is 0.388 e. The molecule has 0 saturated carbocycles. The van der Waals surface area contributed by atoms with Crippen molar-refractivity contribution in [1.82, 2.24) is 4.98 Å². The summed E-state index contributed by atoms with van der Waals surface area (Å²) >= 11 is 1.91. The molecule has 1 saturated heterocycles. The van der Waals surface area contributed by atoms with Crippen LogP contribution in [0, 0.1) is 0 Å². The van der Waals surface area contributed by atoms with Crippen molar-refractivity contribution in [2.75, 3.05) is 5.75 Å². The van der Waals surface area contributed by atoms with E-state index in [0.29, 0.717) is 5.25 Å². The molecule has 1 aromatic heterocycles. The number of nitrogens with zero attached hydrogens (tertiary/aromatic N) is 1. The van der Waals surface area contributed by atoms with Gasteiger partial charge in [0.25, 0.3) is 0 Å². The number of aliphatic hydroxyl groups is 1. The standard InChI is InChI=1S/C14H19NOS/c1-10-14(16,7-3-9-17-10)12-6-5-11-4-2-8-15-13(11)12/h2,4,8,10,12,16H,3,5-7,9H2,1H3. The van der Waals surface area contributed by atoms with E-state index in [2.05, 4.69) is 18.0 Å². The molecule has 0 bridgehead atoms. The highest BCUT2D eigenvalue weighted by Crippen LogP contribution is 2.48. The molecule has 1 fully saturated rings. The van der Waals surface area contributed by atoms with Crippen molar-refractivity contribution >= 4 is 11.8 Å². The Kier molecular flexibility index (Phi) is 2.91. The SMILES string of the molecule is CC1SCCCC1(O)C1CCc2cccnc21. The van der Waals surface area contributed by atoms with Gasteiger partial charge in [0, 0.05) is 23.1 Å². The van der Waals surface area contributed by atoms with Gasteiger partial charge in [-0.05, 0) is 43.1 Å². The van der Waals surface area contributed by atoms with Crippen molar-refractivity contribution in [3.8, 4) is 0 Å². The number of thioether (sulfide) groups is 1. The first-order valence-electron chi connectivity index (χ1n) is 6.49. The van der Waals surface area contributed by atoms with Crippen molar-refractivity contribution in [2.45, 2.75) is 49.4 Å². The summed E-state index contributed by atoms with van der Waals surface area (Å²) in [5.74, 6) is 1.44. The topological polar surface area (TPSA) is 33.1 Å². The summed E-state index contributed by atoms with van der Waals surface area (Å²) in [7, 11) is 0. The summed E-state index contributed by atoms with van der Waals surface area (Å²) in [6, 6.07) is 4.16. The second-order valence-corrected chi connectivity index (χ2v) is 6.70. The van der Waals surface area contributed by atoms with Crippen LogP contribution < -0.4 is 0 Å². The monoisotopic (exact) mass is 249 g/mol. The second-order valence-electron chi connectivity index (χ2n) is 5.25. The molecule has 2 nitrogen and oxygen atoms in total. The molecule has 92 valence electrons. The predicted octanol–water partition coefficient (Wildman–Crippen LogP) is 2.76. The Morgan fingerprint density at radius 1 is 1.53 bits per heavy atom. The molecule has 0 aromatic carbocycles. The number of pyridine rings is 1. The smallest absolute Gasteiger partial charge is 0.0846 e. The summed E-state index contributed by atoms with van der Waals surface area (Å²) in [5.41, 5.74) is 1.96. The Morgan fingerprint density at radius 3 is 3.24 bits per heavy atom. The first-order valence-corrected chi connectivity index (χ1v) is 7.54. The van der Waals surface area contributed by atoms with Gasteiger partial charge in [0.05, 0.1) is 5.60 Å². The molecule has 1 aliphatic carbocycles. The molecule has 2 heterocycles. The quantitative estimate of drug-likeness (QED) is 0.831. The molecule has 1 aliphatic heterocycles. The third-order valence-electron chi connectivity index (χ3n) is 4.36. The Balaban J connectivity index is 1.95. The zero-order valence-corrected chi connectivity index (χ0v) is 11.0. The van der Waals surface area contributed by atoms with E-state index in [0.717, 1.165) is 31.4 Å². The lowest BCUT2D eigenvalue weighted by Gasteiger charge is -2.42. The molecule has 3 rings (SSSR count). The van der Waals surface area contributed by atoms with E-state index in [1.807, 2.05) is 24.0 Å². The number of aromatic nitrogens is 1. The van der Waals surface area contributed by atoms with E-state index in [4.69, 9.17) is 0 Å². The van der Waals surface area contributed by atoms with Crippen LogP contribution in [0.15, 0.2) is 18.3 Å². The van der Waals surface area contributed by atoms with Crippen molar-refractivity contribution in [2.24, 2.45) is 0 Å². The molecule has 2 aliphatic rings. The van der Waals surface area contributed by atoms with E-state index in [1.165, 1.54) is 11.3 Å². The van der Waals surface area contributed by atoms with E-state index in [9.17, 15) is 5.11 Å². The molecule has 3 heteroatoms. The third-order valence-corrected chi connectivity index (χ3v) is 5.79. The van der Waals surface area contributed by atoms with E-state index >= 15 is 0 Å². The molecule has 1 aromatic rings. The first kappa shape index (κ1) is 11.5. The Hall–Kier alpha value is -0.540. The fourth-order valence-corrected chi connectivity index (χ4v) is 4.56. The molecule has 3 atom stereocenters. The van der Waals surface area contributed by atoms with Crippen molar-refractivity contribution in [3.05, 3.63) is 29.6 Å². The second kappa shape index (κ2) is 4.29. The summed E-state index contributed by atoms with van der Waals surface area (Å²) in [4.78, 5) is 4.53. The first-order chi connectivity index (χ1) is 8.22. The minimum atomic E-state index is -0.539. The van der Waals surface area contributed by atoms with Gasteiger partial charge in [-0.15, -0.1) is 0 Å². The fraction of sp³-hybridized carbons (Fsp3) is 0.643. The van der Waals surface area contributed by atoms with E-state index in [-0.39, 0.29) is 5.92 Å². The third kappa shape index (κ3) is 1.80. The van der Waals surface area contributed by atoms with Gasteiger partial charge in [-0.1, -0.05) is 13.0 Å². The van der Waals surface area contributed by atoms with Crippen LogP contribution in [0.5, 0.6) is 0 Å². The van der Waals surface area contributed by atoms with Gasteiger partial charge in [-0.2, -0.15) is 11.8 Å². The number of aryl methyl sites for hydroxylation is 1. The number of hydrogen-bond acceptors (Lipinski definition) is 3. The molecule has 3 unspecified atom stereocenters. The van der Waals surface area contributed by atoms with Crippen LogP contribution in [0.2, 0.25) is 0 Å². The van der Waals surface area contributed by atoms with Crippen molar-refractivity contribution in [3.63, 3.8) is 0 Å². The summed E-state index contributed by atoms with van der Waals surface area (Å²) in [6.07, 6.45) is 6.06. The predicted molar refractivity (Wildman–Crippen MR) is 71.4 cm³/mol. The summed E-state index contributed by atoms with van der Waals surface area (Å²) < 4.78 is 0. The van der Waals surface area contributed by atoms with Gasteiger partial charge >= 0.3 is 0 Å². The Morgan fingerprint density at radius 2 is 2.41 bits per heavy atom. The van der Waals surface area contributed by atoms with Gasteiger partial charge < -0.3 is 5.11 Å². The minimum Gasteiger partial charge on any atom is -0.388 e. The Labute approximate surface area is 107 Å². The zero-order valence-electron chi connectivity index (χ0n) is 10.2. The normalized spacial score (nSPS) is 36.8. The zero-order chi connectivity index (χ0) is 11.9. The van der Waals surface area contributed by atoms with Crippen LogP contribution in [0.1, 0.15) is 43.4 Å². The number of hydrogen-bond donors (Lipinski definition) is 1. The maximum Gasteiger partial charge on any atom is 0.0846 e. The lowest BCUT2D eigenvalue weighted by atomic mass is 9.79. The van der Waals surface area contributed by atoms with E-state index in [1.54, 1.807) is 0 Å². The Bertz CT molecular complexity index is 422. The molecule has 17 heavy (non-hydrogen) atoms. The number of rotatable bonds is 1. The lowest BCUT2D eigenvalue weighted by molar-refractivity contribution is 0.000945. The maximum atomic E-state index is 11.0. The molecular formula is C14H19NOS. The van der Waals surface area contributed by atoms with E-state index < -0.39 is 5.60 Å². The minimum absolute atomic E-state index is 0.251. The average molecular weight is 249 g/mol. The highest BCUT2D eigenvalue weighted by Gasteiger charge is 2.47. The summed E-state index contributed by atoms with van der Waals surface area (Å²) in [6.45, 7) is 2.17. The summed E-state index contributed by atoms with van der Waals surface area (Å²) in [5, 5.41) is 11.4. The van der Waals surface area contributed by atoms with Crippen LogP contribution in [-0.2, 0) is 6.42 Å². The van der Waals surface area contributed by atoms with Crippen LogP contribution in [0.25, 0.3) is 0 Å². The molecule has 0 amide bonds. The van der Waals surface area contributed by atoms with Crippen molar-refractivity contribution < 1.29 is 5.11 Å². The molecule has 1 N–H and O–H groups in total. The average Bonchev–Trinajstić information content (AvgIpc) is 2.77. The van der Waals surface area contributed by atoms with Crippen LogP contribution >= 0.6 is 11.8 Å². The fourth-order valence-electron chi connectivity index (χ4n) is 3.32. The van der Waals surface area contributed by atoms with Gasteiger partial charge in [-0.25, -0.2) is 0 Å². The van der Waals surface area contributed by atoms with Crippen LogP contribution in [0.3, 0.4) is 0 Å². The van der Waals surface area contributed by atoms with Crippen LogP contribution in [0.4, 0.5) is 0 Å². The van der Waals surface area contributed by atoms with Gasteiger partial charge in [0.1, 0.15) is 0 Å². The van der Waals surface area contributed by atoms with Crippen molar-refractivity contribution in [1.29, 1.82) is 0 Å². The van der Waals surface area contributed by atoms with Crippen LogP contribution in [-0.4, -0.2) is 26.7 Å².